The van der Waals surface area contributed by atoms with Crippen molar-refractivity contribution in [2.45, 2.75) is 39.0 Å². The van der Waals surface area contributed by atoms with Gasteiger partial charge in [0.15, 0.2) is 5.65 Å². The Morgan fingerprint density at radius 3 is 2.93 bits per heavy atom. The Kier molecular flexibility index (Phi) is 4.79. The fourth-order valence-electron chi connectivity index (χ4n) is 3.38. The third-order valence-electron chi connectivity index (χ3n) is 4.89. The highest BCUT2D eigenvalue weighted by Crippen LogP contribution is 2.27. The molecule has 150 valence electrons. The first-order valence-electron chi connectivity index (χ1n) is 9.31. The minimum absolute atomic E-state index is 0.166. The Balaban J connectivity index is 1.61. The van der Waals surface area contributed by atoms with Crippen LogP contribution in [0.15, 0.2) is 41.5 Å². The molecule has 0 radical (unpaired) electrons. The molecule has 0 bridgehead atoms. The number of aromatic nitrogens is 3. The van der Waals surface area contributed by atoms with Crippen LogP contribution in [0.25, 0.3) is 11.0 Å². The van der Waals surface area contributed by atoms with E-state index in [-0.39, 0.29) is 23.6 Å². The van der Waals surface area contributed by atoms with Crippen LogP contribution in [0.2, 0.25) is 0 Å². The number of pyridine rings is 1. The zero-order chi connectivity index (χ0) is 20.6. The van der Waals surface area contributed by atoms with Gasteiger partial charge in [0.1, 0.15) is 18.6 Å². The minimum Gasteiger partial charge on any atom is -0.495 e. The molecule has 0 spiro atoms. The smallest absolute Gasteiger partial charge is 0.263 e. The quantitative estimate of drug-likeness (QED) is 0.730. The van der Waals surface area contributed by atoms with Gasteiger partial charge in [-0.15, -0.1) is 0 Å². The predicted molar refractivity (Wildman–Crippen MR) is 108 cm³/mol. The standard InChI is InChI=1S/C21H22N4O4/c1-21(2)9-16-13(11-29-21)8-14-19(24-16)22-12-25(20(14)27)10-18(26)23-15-6-4-5-7-17(15)28-3/h4-8,12H,9-11H2,1-3H3,(H,23,26). The maximum absolute atomic E-state index is 12.9. The van der Waals surface area contributed by atoms with Gasteiger partial charge in [0.05, 0.1) is 36.1 Å². The van der Waals surface area contributed by atoms with Crippen LogP contribution in [0, 0.1) is 0 Å². The Hall–Kier alpha value is -3.26. The number of carbonyl (C=O) groups is 1. The summed E-state index contributed by atoms with van der Waals surface area (Å²) in [6, 6.07) is 8.86. The summed E-state index contributed by atoms with van der Waals surface area (Å²) >= 11 is 0. The first kappa shape index (κ1) is 19.1. The van der Waals surface area contributed by atoms with Crippen molar-refractivity contribution < 1.29 is 14.3 Å². The number of rotatable bonds is 4. The van der Waals surface area contributed by atoms with E-state index in [1.54, 1.807) is 24.3 Å². The Bertz CT molecular complexity index is 1150. The molecule has 0 atom stereocenters. The van der Waals surface area contributed by atoms with E-state index in [0.717, 1.165) is 11.3 Å². The van der Waals surface area contributed by atoms with Crippen LogP contribution in [0.1, 0.15) is 25.1 Å². The van der Waals surface area contributed by atoms with Gasteiger partial charge in [0, 0.05) is 12.0 Å². The first-order valence-corrected chi connectivity index (χ1v) is 9.31. The number of fused-ring (bicyclic) bond motifs is 2. The third-order valence-corrected chi connectivity index (χ3v) is 4.89. The molecule has 1 N–H and O–H groups in total. The van der Waals surface area contributed by atoms with E-state index in [1.165, 1.54) is 18.0 Å². The number of hydrogen-bond donors (Lipinski definition) is 1. The van der Waals surface area contributed by atoms with Crippen LogP contribution >= 0.6 is 0 Å². The van der Waals surface area contributed by atoms with Gasteiger partial charge >= 0.3 is 0 Å². The van der Waals surface area contributed by atoms with Crippen molar-refractivity contribution in [3.63, 3.8) is 0 Å². The van der Waals surface area contributed by atoms with Crippen molar-refractivity contribution >= 4 is 22.6 Å². The van der Waals surface area contributed by atoms with Crippen molar-refractivity contribution in [2.24, 2.45) is 0 Å². The molecule has 29 heavy (non-hydrogen) atoms. The lowest BCUT2D eigenvalue weighted by molar-refractivity contribution is -0.116. The van der Waals surface area contributed by atoms with Gasteiger partial charge in [-0.25, -0.2) is 9.97 Å². The Morgan fingerprint density at radius 1 is 1.34 bits per heavy atom. The maximum atomic E-state index is 12.9. The van der Waals surface area contributed by atoms with Gasteiger partial charge in [-0.2, -0.15) is 0 Å². The van der Waals surface area contributed by atoms with Gasteiger partial charge in [0.25, 0.3) is 5.56 Å². The number of methoxy groups -OCH3 is 1. The normalized spacial score (nSPS) is 15.0. The van der Waals surface area contributed by atoms with Crippen LogP contribution in [-0.2, 0) is 29.1 Å². The van der Waals surface area contributed by atoms with Gasteiger partial charge in [0.2, 0.25) is 5.91 Å². The van der Waals surface area contributed by atoms with E-state index >= 15 is 0 Å². The number of nitrogens with one attached hydrogen (secondary N) is 1. The molecule has 1 aliphatic rings. The molecule has 1 aromatic carbocycles. The minimum atomic E-state index is -0.353. The monoisotopic (exact) mass is 394 g/mol. The summed E-state index contributed by atoms with van der Waals surface area (Å²) in [6.45, 7) is 4.25. The number of anilines is 1. The fraction of sp³-hybridized carbons (Fsp3) is 0.333. The molecule has 0 unspecified atom stereocenters. The van der Waals surface area contributed by atoms with E-state index in [9.17, 15) is 9.59 Å². The number of hydrogen-bond acceptors (Lipinski definition) is 6. The average Bonchev–Trinajstić information content (AvgIpc) is 2.69. The molecule has 0 saturated heterocycles. The second kappa shape index (κ2) is 7.29. The Morgan fingerprint density at radius 2 is 2.14 bits per heavy atom. The zero-order valence-corrected chi connectivity index (χ0v) is 16.6. The highest BCUT2D eigenvalue weighted by Gasteiger charge is 2.28. The number of benzene rings is 1. The molecule has 4 rings (SSSR count). The molecular formula is C21H22N4O4. The summed E-state index contributed by atoms with van der Waals surface area (Å²) in [5.41, 5.74) is 2.09. The number of nitrogens with zero attached hydrogens (tertiary/aromatic N) is 3. The van der Waals surface area contributed by atoms with E-state index in [0.29, 0.717) is 35.5 Å². The highest BCUT2D eigenvalue weighted by atomic mass is 16.5. The number of para-hydroxylation sites is 2. The maximum Gasteiger partial charge on any atom is 0.263 e. The summed E-state index contributed by atoms with van der Waals surface area (Å²) in [6.07, 6.45) is 2.01. The molecule has 0 aliphatic carbocycles. The van der Waals surface area contributed by atoms with Gasteiger partial charge < -0.3 is 14.8 Å². The molecule has 8 nitrogen and oxygen atoms in total. The largest absolute Gasteiger partial charge is 0.495 e. The molecule has 8 heteroatoms. The second-order valence-corrected chi connectivity index (χ2v) is 7.62. The summed E-state index contributed by atoms with van der Waals surface area (Å²) in [5.74, 6) is 0.192. The number of ether oxygens (including phenoxy) is 2. The zero-order valence-electron chi connectivity index (χ0n) is 16.6. The summed E-state index contributed by atoms with van der Waals surface area (Å²) in [5, 5.41) is 3.13. The lowest BCUT2D eigenvalue weighted by Gasteiger charge is -2.31. The number of carbonyl (C=O) groups excluding carboxylic acids is 1. The van der Waals surface area contributed by atoms with Crippen LogP contribution in [0.5, 0.6) is 5.75 Å². The van der Waals surface area contributed by atoms with Crippen LogP contribution in [0.4, 0.5) is 5.69 Å². The van der Waals surface area contributed by atoms with Gasteiger partial charge in [-0.05, 0) is 32.0 Å². The van der Waals surface area contributed by atoms with Crippen molar-refractivity contribution in [1.82, 2.24) is 14.5 Å². The molecule has 1 aliphatic heterocycles. The van der Waals surface area contributed by atoms with Crippen molar-refractivity contribution in [1.29, 1.82) is 0 Å². The molecule has 3 heterocycles. The predicted octanol–water partition coefficient (Wildman–Crippen LogP) is 2.29. The van der Waals surface area contributed by atoms with E-state index < -0.39 is 0 Å². The van der Waals surface area contributed by atoms with Crippen molar-refractivity contribution in [3.05, 3.63) is 58.3 Å². The Labute approximate surface area is 167 Å². The van der Waals surface area contributed by atoms with Crippen LogP contribution < -0.4 is 15.6 Å². The molecule has 2 aromatic heterocycles. The topological polar surface area (TPSA) is 95.3 Å². The van der Waals surface area contributed by atoms with Gasteiger partial charge in [-0.3, -0.25) is 14.2 Å². The number of amides is 1. The first-order chi connectivity index (χ1) is 13.9. The van der Waals surface area contributed by atoms with Crippen molar-refractivity contribution in [3.8, 4) is 5.75 Å². The second-order valence-electron chi connectivity index (χ2n) is 7.62. The molecule has 0 fully saturated rings. The average molecular weight is 394 g/mol. The van der Waals surface area contributed by atoms with E-state index in [2.05, 4.69) is 15.3 Å². The van der Waals surface area contributed by atoms with Crippen molar-refractivity contribution in [2.75, 3.05) is 12.4 Å². The van der Waals surface area contributed by atoms with Crippen LogP contribution in [-0.4, -0.2) is 33.2 Å². The lowest BCUT2D eigenvalue weighted by Crippen LogP contribution is -2.33. The van der Waals surface area contributed by atoms with E-state index in [4.69, 9.17) is 9.47 Å². The van der Waals surface area contributed by atoms with Gasteiger partial charge in [-0.1, -0.05) is 12.1 Å². The molecule has 1 amide bonds. The van der Waals surface area contributed by atoms with E-state index in [1.807, 2.05) is 19.9 Å². The molecular weight excluding hydrogens is 372 g/mol. The summed E-state index contributed by atoms with van der Waals surface area (Å²) < 4.78 is 12.3. The fourth-order valence-corrected chi connectivity index (χ4v) is 3.38. The lowest BCUT2D eigenvalue weighted by atomic mass is 9.95. The summed E-state index contributed by atoms with van der Waals surface area (Å²) in [4.78, 5) is 34.2. The molecule has 0 saturated carbocycles. The molecule has 3 aromatic rings. The SMILES string of the molecule is COc1ccccc1NC(=O)Cn1cnc2nc3c(cc2c1=O)COC(C)(C)C3. The highest BCUT2D eigenvalue weighted by molar-refractivity contribution is 5.92. The van der Waals surface area contributed by atoms with Crippen LogP contribution in [0.3, 0.4) is 0 Å². The third kappa shape index (κ3) is 3.84. The summed E-state index contributed by atoms with van der Waals surface area (Å²) in [7, 11) is 1.53.